The van der Waals surface area contributed by atoms with Crippen LogP contribution in [0.15, 0.2) is 72.8 Å². The van der Waals surface area contributed by atoms with Crippen LogP contribution in [-0.4, -0.2) is 37.9 Å². The number of benzene rings is 3. The van der Waals surface area contributed by atoms with Gasteiger partial charge in [-0.25, -0.2) is 9.18 Å². The third-order valence-corrected chi connectivity index (χ3v) is 4.46. The Labute approximate surface area is 183 Å². The Bertz CT molecular complexity index is 1290. The van der Waals surface area contributed by atoms with Crippen LogP contribution in [0.3, 0.4) is 0 Å². The summed E-state index contributed by atoms with van der Waals surface area (Å²) in [6, 6.07) is 19.7. The lowest BCUT2D eigenvalue weighted by Crippen LogP contribution is -2.04. The van der Waals surface area contributed by atoms with Crippen LogP contribution >= 0.6 is 0 Å². The van der Waals surface area contributed by atoms with Gasteiger partial charge in [0, 0.05) is 11.1 Å². The van der Waals surface area contributed by atoms with Gasteiger partial charge in [-0.05, 0) is 59.3 Å². The lowest BCUT2D eigenvalue weighted by atomic mass is 10.1. The first kappa shape index (κ1) is 20.8. The fraction of sp³-hybridized carbons (Fsp3) is 0.0833. The van der Waals surface area contributed by atoms with Gasteiger partial charge >= 0.3 is 5.97 Å². The summed E-state index contributed by atoms with van der Waals surface area (Å²) < 4.78 is 18.4. The van der Waals surface area contributed by atoms with Crippen molar-refractivity contribution in [2.75, 3.05) is 6.61 Å². The summed E-state index contributed by atoms with van der Waals surface area (Å²) in [5.74, 6) is 5.66. The average molecular weight is 428 g/mol. The molecule has 158 valence electrons. The quantitative estimate of drug-likeness (QED) is 0.472. The predicted octanol–water partition coefficient (Wildman–Crippen LogP) is 3.66. The molecule has 0 aliphatic heterocycles. The molecule has 0 aliphatic rings. The van der Waals surface area contributed by atoms with Crippen LogP contribution in [0, 0.1) is 17.7 Å². The van der Waals surface area contributed by atoms with Crippen molar-refractivity contribution in [3.63, 3.8) is 0 Å². The maximum Gasteiger partial charge on any atom is 0.335 e. The van der Waals surface area contributed by atoms with Gasteiger partial charge in [-0.1, -0.05) is 36.1 Å². The molecule has 0 aliphatic carbocycles. The molecule has 0 bridgehead atoms. The largest absolute Gasteiger partial charge is 0.481 e. The van der Waals surface area contributed by atoms with E-state index in [-0.39, 0.29) is 18.0 Å². The Morgan fingerprint density at radius 1 is 1.06 bits per heavy atom. The van der Waals surface area contributed by atoms with Gasteiger partial charge in [-0.15, -0.1) is 10.2 Å². The molecule has 8 heteroatoms. The maximum atomic E-state index is 12.9. The summed E-state index contributed by atoms with van der Waals surface area (Å²) in [5.41, 5.74) is 2.62. The van der Waals surface area contributed by atoms with E-state index in [9.17, 15) is 9.18 Å². The minimum atomic E-state index is -0.970. The number of tetrazole rings is 1. The summed E-state index contributed by atoms with van der Waals surface area (Å²) in [7, 11) is 0. The third kappa shape index (κ3) is 5.34. The van der Waals surface area contributed by atoms with E-state index in [1.165, 1.54) is 29.1 Å². The molecule has 0 radical (unpaired) electrons. The number of carboxylic acids is 1. The van der Waals surface area contributed by atoms with Crippen molar-refractivity contribution in [2.24, 2.45) is 0 Å². The van der Waals surface area contributed by atoms with Gasteiger partial charge in [0.05, 0.1) is 12.1 Å². The smallest absolute Gasteiger partial charge is 0.335 e. The number of hydrogen-bond donors (Lipinski definition) is 1. The Hall–Kier alpha value is -4.51. The fourth-order valence-corrected chi connectivity index (χ4v) is 2.87. The summed E-state index contributed by atoms with van der Waals surface area (Å²) in [6.45, 7) is 0.540. The molecule has 32 heavy (non-hydrogen) atoms. The fourth-order valence-electron chi connectivity index (χ4n) is 2.87. The van der Waals surface area contributed by atoms with Crippen molar-refractivity contribution in [1.29, 1.82) is 0 Å². The van der Waals surface area contributed by atoms with Crippen LogP contribution < -0.4 is 4.74 Å². The summed E-state index contributed by atoms with van der Waals surface area (Å²) in [6.07, 6.45) is 0. The second-order valence-corrected chi connectivity index (χ2v) is 6.77. The number of ether oxygens (including phenoxy) is 1. The van der Waals surface area contributed by atoms with Crippen molar-refractivity contribution in [2.45, 2.75) is 6.54 Å². The molecule has 4 aromatic rings. The predicted molar refractivity (Wildman–Crippen MR) is 115 cm³/mol. The summed E-state index contributed by atoms with van der Waals surface area (Å²) >= 11 is 0. The molecular formula is C24H17FN4O3. The van der Waals surface area contributed by atoms with E-state index in [1.54, 1.807) is 24.3 Å². The highest BCUT2D eigenvalue weighted by Crippen LogP contribution is 2.16. The third-order valence-electron chi connectivity index (χ3n) is 4.46. The van der Waals surface area contributed by atoms with Crippen molar-refractivity contribution < 1.29 is 19.0 Å². The molecule has 4 rings (SSSR count). The Morgan fingerprint density at radius 2 is 1.84 bits per heavy atom. The van der Waals surface area contributed by atoms with Crippen LogP contribution in [0.4, 0.5) is 4.39 Å². The molecular weight excluding hydrogens is 411 g/mol. The van der Waals surface area contributed by atoms with Crippen LogP contribution in [-0.2, 0) is 6.54 Å². The van der Waals surface area contributed by atoms with E-state index in [0.29, 0.717) is 18.1 Å². The van der Waals surface area contributed by atoms with Gasteiger partial charge in [0.25, 0.3) is 0 Å². The standard InChI is InChI=1S/C24H17FN4O3/c25-21-10-12-22(13-11-21)32-14-2-4-17-3-1-5-20(15-17)23-26-28-29(27-23)16-18-6-8-19(9-7-18)24(30)31/h1,3,5-13,15H,14,16H2,(H,30,31). The first-order chi connectivity index (χ1) is 15.6. The molecule has 0 spiro atoms. The molecule has 1 N–H and O–H groups in total. The second kappa shape index (κ2) is 9.53. The number of carboxylic acid groups (broad SMARTS) is 1. The summed E-state index contributed by atoms with van der Waals surface area (Å²) in [4.78, 5) is 12.4. The Balaban J connectivity index is 1.39. The zero-order valence-electron chi connectivity index (χ0n) is 16.8. The number of nitrogens with zero attached hydrogens (tertiary/aromatic N) is 4. The lowest BCUT2D eigenvalue weighted by Gasteiger charge is -2.01. The molecule has 0 amide bonds. The number of aromatic carboxylic acids is 1. The van der Waals surface area contributed by atoms with Crippen molar-refractivity contribution in [1.82, 2.24) is 20.2 Å². The van der Waals surface area contributed by atoms with Crippen molar-refractivity contribution >= 4 is 5.97 Å². The van der Waals surface area contributed by atoms with Gasteiger partial charge in [-0.3, -0.25) is 0 Å². The lowest BCUT2D eigenvalue weighted by molar-refractivity contribution is 0.0697. The van der Waals surface area contributed by atoms with Crippen molar-refractivity contribution in [3.05, 3.63) is 95.3 Å². The molecule has 0 fully saturated rings. The van der Waals surface area contributed by atoms with Gasteiger partial charge in [-0.2, -0.15) is 4.80 Å². The van der Waals surface area contributed by atoms with E-state index < -0.39 is 5.97 Å². The van der Waals surface area contributed by atoms with Crippen LogP contribution in [0.2, 0.25) is 0 Å². The topological polar surface area (TPSA) is 90.1 Å². The van der Waals surface area contributed by atoms with Crippen LogP contribution in [0.5, 0.6) is 5.75 Å². The molecule has 1 aromatic heterocycles. The number of rotatable bonds is 6. The Kier molecular flexibility index (Phi) is 6.18. The molecule has 0 unspecified atom stereocenters. The zero-order valence-corrected chi connectivity index (χ0v) is 16.8. The monoisotopic (exact) mass is 428 g/mol. The summed E-state index contributed by atoms with van der Waals surface area (Å²) in [5, 5.41) is 21.5. The van der Waals surface area contributed by atoms with E-state index in [2.05, 4.69) is 27.3 Å². The molecule has 0 atom stereocenters. The zero-order chi connectivity index (χ0) is 22.3. The molecule has 0 saturated carbocycles. The average Bonchev–Trinajstić information content (AvgIpc) is 3.27. The highest BCUT2D eigenvalue weighted by molar-refractivity contribution is 5.87. The van der Waals surface area contributed by atoms with Crippen molar-refractivity contribution in [3.8, 4) is 29.0 Å². The molecule has 1 heterocycles. The second-order valence-electron chi connectivity index (χ2n) is 6.77. The number of carbonyl (C=O) groups is 1. The Morgan fingerprint density at radius 3 is 2.59 bits per heavy atom. The van der Waals surface area contributed by atoms with Gasteiger partial charge in [0.2, 0.25) is 5.82 Å². The number of aromatic nitrogens is 4. The molecule has 0 saturated heterocycles. The first-order valence-corrected chi connectivity index (χ1v) is 9.64. The van der Waals surface area contributed by atoms with Gasteiger partial charge in [0.1, 0.15) is 18.2 Å². The van der Waals surface area contributed by atoms with E-state index in [0.717, 1.165) is 16.7 Å². The number of halogens is 1. The van der Waals surface area contributed by atoms with Crippen LogP contribution in [0.1, 0.15) is 21.5 Å². The van der Waals surface area contributed by atoms with E-state index in [1.807, 2.05) is 24.3 Å². The highest BCUT2D eigenvalue weighted by atomic mass is 19.1. The highest BCUT2D eigenvalue weighted by Gasteiger charge is 2.08. The van der Waals surface area contributed by atoms with Gasteiger partial charge < -0.3 is 9.84 Å². The molecule has 3 aromatic carbocycles. The van der Waals surface area contributed by atoms with Crippen LogP contribution in [0.25, 0.3) is 11.4 Å². The molecule has 7 nitrogen and oxygen atoms in total. The normalized spacial score (nSPS) is 10.3. The SMILES string of the molecule is O=C(O)c1ccc(Cn2nnc(-c3cccc(C#CCOc4ccc(F)cc4)c3)n2)cc1. The number of hydrogen-bond acceptors (Lipinski definition) is 5. The minimum absolute atomic E-state index is 0.172. The van der Waals surface area contributed by atoms with E-state index in [4.69, 9.17) is 9.84 Å². The minimum Gasteiger partial charge on any atom is -0.481 e. The van der Waals surface area contributed by atoms with E-state index >= 15 is 0 Å². The first-order valence-electron chi connectivity index (χ1n) is 9.64. The maximum absolute atomic E-state index is 12.9. The van der Waals surface area contributed by atoms with Gasteiger partial charge in [0.15, 0.2) is 0 Å².